The zero-order chi connectivity index (χ0) is 13.4. The summed E-state index contributed by atoms with van der Waals surface area (Å²) < 4.78 is 41.3. The molecule has 9 heteroatoms. The minimum Gasteiger partial charge on any atom is -0.170 e. The number of thiocarbonyl (C=S) groups is 4. The molecule has 0 fully saturated rings. The highest BCUT2D eigenvalue weighted by molar-refractivity contribution is 7.91. The quantitative estimate of drug-likeness (QED) is 0.683. The fraction of sp³-hybridized carbons (Fsp3) is 0.250. The minimum absolute atomic E-state index is 0.0738. The Morgan fingerprint density at radius 1 is 1.24 bits per heavy atom. The number of alkyl halides is 3. The Labute approximate surface area is 122 Å². The molecule has 17 heavy (non-hydrogen) atoms. The first-order valence-corrected chi connectivity index (χ1v) is 5.98. The van der Waals surface area contributed by atoms with Gasteiger partial charge in [0.15, 0.2) is 0 Å². The van der Waals surface area contributed by atoms with E-state index in [1.807, 2.05) is 0 Å². The van der Waals surface area contributed by atoms with Crippen LogP contribution in [0.4, 0.5) is 13.2 Å². The second-order valence-electron chi connectivity index (χ2n) is 3.02. The molecule has 1 nitrogen and oxygen atoms in total. The summed E-state index contributed by atoms with van der Waals surface area (Å²) in [6, 6.07) is 0. The Kier molecular flexibility index (Phi) is 4.64. The largest absolute Gasteiger partial charge is 0.401 e. The molecule has 1 rings (SSSR count). The maximum absolute atomic E-state index is 12.7. The first-order chi connectivity index (χ1) is 7.70. The highest BCUT2D eigenvalue weighted by Gasteiger charge is 2.48. The van der Waals surface area contributed by atoms with Crippen molar-refractivity contribution >= 4 is 80.9 Å². The van der Waals surface area contributed by atoms with Crippen LogP contribution in [0.1, 0.15) is 0 Å². The molecule has 0 amide bonds. The molecule has 0 spiro atoms. The molecule has 1 unspecified atom stereocenters. The summed E-state index contributed by atoms with van der Waals surface area (Å²) in [6.07, 6.45) is -3.48. The van der Waals surface area contributed by atoms with Crippen LogP contribution >= 0.6 is 48.9 Å². The minimum atomic E-state index is -4.55. The second kappa shape index (κ2) is 5.27. The van der Waals surface area contributed by atoms with Gasteiger partial charge in [-0.05, 0) is 6.08 Å². The Morgan fingerprint density at radius 3 is 2.18 bits per heavy atom. The van der Waals surface area contributed by atoms with Crippen LogP contribution in [-0.4, -0.2) is 25.8 Å². The first-order valence-electron chi connectivity index (χ1n) is 3.98. The van der Waals surface area contributed by atoms with Crippen LogP contribution in [0.3, 0.4) is 0 Å². The maximum Gasteiger partial charge on any atom is 0.401 e. The summed E-state index contributed by atoms with van der Waals surface area (Å²) in [6.45, 7) is 0. The number of allylic oxidation sites excluding steroid dienone is 1. The summed E-state index contributed by atoms with van der Waals surface area (Å²) >= 11 is 23.3. The molecule has 1 aliphatic carbocycles. The van der Waals surface area contributed by atoms with E-state index in [0.717, 1.165) is 6.08 Å². The van der Waals surface area contributed by atoms with Crippen LogP contribution < -0.4 is 0 Å². The number of nitrogens with zero attached hydrogens (tertiary/aromatic N) is 1. The van der Waals surface area contributed by atoms with Crippen LogP contribution in [0.2, 0.25) is 0 Å². The van der Waals surface area contributed by atoms with Crippen molar-refractivity contribution in [3.8, 4) is 0 Å². The van der Waals surface area contributed by atoms with Gasteiger partial charge >= 0.3 is 6.18 Å². The van der Waals surface area contributed by atoms with Crippen molar-refractivity contribution in [1.29, 1.82) is 0 Å². The van der Waals surface area contributed by atoms with Gasteiger partial charge in [-0.25, -0.2) is 0 Å². The first kappa shape index (κ1) is 15.0. The van der Waals surface area contributed by atoms with Crippen LogP contribution in [0.15, 0.2) is 16.0 Å². The predicted octanol–water partition coefficient (Wildman–Crippen LogP) is 3.27. The van der Waals surface area contributed by atoms with Crippen molar-refractivity contribution in [1.82, 2.24) is 0 Å². The van der Waals surface area contributed by atoms with Crippen molar-refractivity contribution in [3.63, 3.8) is 0 Å². The average molecular weight is 329 g/mol. The highest BCUT2D eigenvalue weighted by atomic mass is 32.1. The van der Waals surface area contributed by atoms with Crippen molar-refractivity contribution in [2.24, 2.45) is 10.3 Å². The van der Waals surface area contributed by atoms with E-state index < -0.39 is 17.0 Å². The van der Waals surface area contributed by atoms with Gasteiger partial charge < -0.3 is 0 Å². The van der Waals surface area contributed by atoms with Crippen LogP contribution in [0, 0.1) is 5.92 Å². The molecule has 1 atom stereocenters. The second-order valence-corrected chi connectivity index (χ2v) is 4.91. The summed E-state index contributed by atoms with van der Waals surface area (Å²) in [5, 5.41) is 0. The molecule has 1 aliphatic rings. The SMILES string of the molecule is FC(F)(F)C1C(=S)C=C(C(=S)N=S)C(=S)C1=S. The summed E-state index contributed by atoms with van der Waals surface area (Å²) in [7, 11) is 0. The smallest absolute Gasteiger partial charge is 0.170 e. The summed E-state index contributed by atoms with van der Waals surface area (Å²) in [5.74, 6) is -2.00. The van der Waals surface area contributed by atoms with E-state index in [0.29, 0.717) is 0 Å². The third kappa shape index (κ3) is 3.02. The van der Waals surface area contributed by atoms with Gasteiger partial charge in [-0.15, -0.1) is 0 Å². The molecule has 0 aromatic heterocycles. The fourth-order valence-corrected chi connectivity index (χ4v) is 2.61. The predicted molar refractivity (Wildman–Crippen MR) is 77.8 cm³/mol. The van der Waals surface area contributed by atoms with Crippen molar-refractivity contribution < 1.29 is 13.2 Å². The molecule has 0 aromatic rings. The molecule has 0 heterocycles. The van der Waals surface area contributed by atoms with E-state index in [1.54, 1.807) is 0 Å². The van der Waals surface area contributed by atoms with Gasteiger partial charge in [-0.3, -0.25) is 0 Å². The molecule has 0 saturated heterocycles. The van der Waals surface area contributed by atoms with E-state index in [-0.39, 0.29) is 20.3 Å². The van der Waals surface area contributed by atoms with Crippen molar-refractivity contribution in [2.75, 3.05) is 0 Å². The number of hydrogen-bond acceptors (Lipinski definition) is 5. The third-order valence-electron chi connectivity index (χ3n) is 1.94. The summed E-state index contributed by atoms with van der Waals surface area (Å²) in [5.41, 5.74) is 0.125. The molecule has 0 aliphatic heterocycles. The van der Waals surface area contributed by atoms with Crippen molar-refractivity contribution in [3.05, 3.63) is 11.6 Å². The van der Waals surface area contributed by atoms with Gasteiger partial charge in [0, 0.05) is 22.9 Å². The van der Waals surface area contributed by atoms with Crippen LogP contribution in [0.25, 0.3) is 0 Å². The Bertz CT molecular complexity index is 476. The topological polar surface area (TPSA) is 12.4 Å². The molecule has 90 valence electrons. The van der Waals surface area contributed by atoms with Gasteiger partial charge in [0.1, 0.15) is 10.9 Å². The molecule has 0 bridgehead atoms. The van der Waals surface area contributed by atoms with Gasteiger partial charge in [0.05, 0.1) is 9.73 Å². The maximum atomic E-state index is 12.7. The standard InChI is InChI=1S/C8H2F3NS5/c9-8(10,11)4-3(13)1-2(7(16)12-17)5(14)6(4)15/h1,4H. The van der Waals surface area contributed by atoms with Gasteiger partial charge in [-0.2, -0.15) is 17.5 Å². The zero-order valence-electron chi connectivity index (χ0n) is 7.78. The normalized spacial score (nSPS) is 21.2. The summed E-state index contributed by atoms with van der Waals surface area (Å²) in [4.78, 5) is -1.05. The molecule has 0 aromatic carbocycles. The lowest BCUT2D eigenvalue weighted by Gasteiger charge is -2.26. The van der Waals surface area contributed by atoms with E-state index in [2.05, 4.69) is 29.0 Å². The molecule has 0 N–H and O–H groups in total. The fourth-order valence-electron chi connectivity index (χ4n) is 1.20. The lowest BCUT2D eigenvalue weighted by atomic mass is 9.88. The number of halogens is 3. The zero-order valence-corrected chi connectivity index (χ0v) is 11.9. The number of rotatable bonds is 1. The Hall–Kier alpha value is -0.0900. The van der Waals surface area contributed by atoms with Crippen molar-refractivity contribution in [2.45, 2.75) is 6.18 Å². The third-order valence-corrected chi connectivity index (χ3v) is 3.91. The molecule has 0 radical (unpaired) electrons. The Balaban J connectivity index is 3.28. The van der Waals surface area contributed by atoms with Gasteiger partial charge in [0.2, 0.25) is 0 Å². The molecule has 0 saturated carbocycles. The molecular weight excluding hydrogens is 327 g/mol. The monoisotopic (exact) mass is 329 g/mol. The van der Waals surface area contributed by atoms with E-state index in [1.165, 1.54) is 0 Å². The molecular formula is C8H2F3NS5. The highest BCUT2D eigenvalue weighted by Crippen LogP contribution is 2.34. The van der Waals surface area contributed by atoms with Gasteiger partial charge in [0.25, 0.3) is 0 Å². The van der Waals surface area contributed by atoms with Crippen LogP contribution in [-0.2, 0) is 12.4 Å². The number of hydrogen-bond donors (Lipinski definition) is 0. The lowest BCUT2D eigenvalue weighted by molar-refractivity contribution is -0.137. The van der Waals surface area contributed by atoms with Gasteiger partial charge in [-0.1, -0.05) is 48.9 Å². The lowest BCUT2D eigenvalue weighted by Crippen LogP contribution is -2.42. The Morgan fingerprint density at radius 2 is 1.76 bits per heavy atom. The van der Waals surface area contributed by atoms with E-state index in [4.69, 9.17) is 36.7 Å². The average Bonchev–Trinajstić information content (AvgIpc) is 2.20. The van der Waals surface area contributed by atoms with Crippen LogP contribution in [0.5, 0.6) is 0 Å². The van der Waals surface area contributed by atoms with E-state index >= 15 is 0 Å². The van der Waals surface area contributed by atoms with E-state index in [9.17, 15) is 13.2 Å².